The summed E-state index contributed by atoms with van der Waals surface area (Å²) in [5.74, 6) is -0.0752. The minimum absolute atomic E-state index is 0.0752. The number of benzene rings is 1. The molecule has 2 N–H and O–H groups in total. The lowest BCUT2D eigenvalue weighted by Gasteiger charge is -2.10. The Labute approximate surface area is 168 Å². The highest BCUT2D eigenvalue weighted by Crippen LogP contribution is 2.19. The van der Waals surface area contributed by atoms with Crippen molar-refractivity contribution in [3.63, 3.8) is 0 Å². The molecule has 0 unspecified atom stereocenters. The van der Waals surface area contributed by atoms with E-state index in [-0.39, 0.29) is 5.91 Å². The van der Waals surface area contributed by atoms with Crippen molar-refractivity contribution in [3.05, 3.63) is 90.2 Å². The van der Waals surface area contributed by atoms with Gasteiger partial charge in [-0.1, -0.05) is 56.9 Å². The van der Waals surface area contributed by atoms with E-state index >= 15 is 0 Å². The van der Waals surface area contributed by atoms with E-state index in [1.54, 1.807) is 18.0 Å². The molecule has 0 saturated heterocycles. The lowest BCUT2D eigenvalue weighted by Crippen LogP contribution is -2.25. The quantitative estimate of drug-likeness (QED) is 0.430. The molecule has 1 aliphatic rings. The Morgan fingerprint density at radius 3 is 2.56 bits per heavy atom. The summed E-state index contributed by atoms with van der Waals surface area (Å²) in [6, 6.07) is 7.60. The molecule has 1 amide bonds. The number of nitrogens with one attached hydrogen (secondary N) is 2. The van der Waals surface area contributed by atoms with E-state index in [0.717, 1.165) is 29.0 Å². The molecule has 27 heavy (non-hydrogen) atoms. The highest BCUT2D eigenvalue weighted by Gasteiger charge is 2.06. The van der Waals surface area contributed by atoms with Crippen LogP contribution < -0.4 is 10.0 Å². The Kier molecular flexibility index (Phi) is 11.5. The van der Waals surface area contributed by atoms with Crippen LogP contribution in [0.3, 0.4) is 0 Å². The van der Waals surface area contributed by atoms with Crippen LogP contribution in [-0.2, 0) is 0 Å². The molecule has 0 bridgehead atoms. The van der Waals surface area contributed by atoms with Gasteiger partial charge >= 0.3 is 0 Å². The van der Waals surface area contributed by atoms with Gasteiger partial charge in [0.2, 0.25) is 0 Å². The molecule has 0 saturated carbocycles. The first-order chi connectivity index (χ1) is 13.2. The maximum Gasteiger partial charge on any atom is 0.251 e. The molecule has 0 heterocycles. The molecule has 0 fully saturated rings. The van der Waals surface area contributed by atoms with Crippen LogP contribution in [-0.4, -0.2) is 12.5 Å². The molecule has 0 aliphatic heterocycles. The molecule has 1 aromatic rings. The Hall–Kier alpha value is -2.46. The molecule has 1 aliphatic carbocycles. The molecular weight excluding hydrogens is 352 g/mol. The number of hydrogen-bond donors (Lipinski definition) is 2. The van der Waals surface area contributed by atoms with Crippen molar-refractivity contribution in [1.29, 1.82) is 0 Å². The fourth-order valence-corrected chi connectivity index (χ4v) is 2.87. The SMILES string of the molecule is C=C/C=C\C(=C/C)CNC(=O)c1ccc(SNC2=CCCC=C2)cc1.CC. The molecule has 4 heteroatoms. The maximum absolute atomic E-state index is 12.2. The zero-order chi connectivity index (χ0) is 19.9. The first-order valence-corrected chi connectivity index (χ1v) is 10.2. The van der Waals surface area contributed by atoms with Crippen LogP contribution in [0.15, 0.2) is 89.5 Å². The van der Waals surface area contributed by atoms with Crippen molar-refractivity contribution in [2.24, 2.45) is 0 Å². The normalized spacial score (nSPS) is 13.4. The summed E-state index contributed by atoms with van der Waals surface area (Å²) in [5.41, 5.74) is 2.83. The standard InChI is InChI=1S/C21H24N2OS.C2H6/c1-3-5-9-17(4-2)16-22-21(24)18-12-14-20(15-13-18)25-23-19-10-7-6-8-11-19;1-2/h3-5,7,9-15,23H,1,6,8,16H2,2H3,(H,22,24);1-2H3/b9-5-,17-4+;. The third-order valence-electron chi connectivity index (χ3n) is 3.67. The average molecular weight is 383 g/mol. The van der Waals surface area contributed by atoms with Crippen LogP contribution in [0.5, 0.6) is 0 Å². The van der Waals surface area contributed by atoms with Crippen LogP contribution in [0.25, 0.3) is 0 Å². The van der Waals surface area contributed by atoms with Gasteiger partial charge in [0.1, 0.15) is 0 Å². The highest BCUT2D eigenvalue weighted by atomic mass is 32.2. The van der Waals surface area contributed by atoms with Crippen molar-refractivity contribution in [2.45, 2.75) is 38.5 Å². The number of allylic oxidation sites excluding steroid dienone is 6. The topological polar surface area (TPSA) is 41.1 Å². The molecule has 0 atom stereocenters. The lowest BCUT2D eigenvalue weighted by molar-refractivity contribution is 0.0957. The zero-order valence-corrected chi connectivity index (χ0v) is 17.3. The third kappa shape index (κ3) is 8.65. The van der Waals surface area contributed by atoms with Crippen LogP contribution in [0.4, 0.5) is 0 Å². The minimum atomic E-state index is -0.0752. The largest absolute Gasteiger partial charge is 0.348 e. The van der Waals surface area contributed by atoms with E-state index < -0.39 is 0 Å². The Balaban J connectivity index is 0.00000176. The van der Waals surface area contributed by atoms with Gasteiger partial charge in [0.25, 0.3) is 5.91 Å². The molecular formula is C23H30N2OS. The highest BCUT2D eigenvalue weighted by molar-refractivity contribution is 7.97. The summed E-state index contributed by atoms with van der Waals surface area (Å²) >= 11 is 1.55. The van der Waals surface area contributed by atoms with Crippen LogP contribution in [0.1, 0.15) is 44.0 Å². The molecule has 0 aromatic heterocycles. The van der Waals surface area contributed by atoms with Gasteiger partial charge in [-0.2, -0.15) is 0 Å². The van der Waals surface area contributed by atoms with Crippen molar-refractivity contribution >= 4 is 17.9 Å². The number of hydrogen-bond acceptors (Lipinski definition) is 3. The van der Waals surface area contributed by atoms with Gasteiger partial charge in [-0.05, 0) is 67.6 Å². The first kappa shape index (κ1) is 22.6. The van der Waals surface area contributed by atoms with E-state index in [4.69, 9.17) is 0 Å². The maximum atomic E-state index is 12.2. The number of carbonyl (C=O) groups excluding carboxylic acids is 1. The number of carbonyl (C=O) groups is 1. The Bertz CT molecular complexity index is 712. The zero-order valence-electron chi connectivity index (χ0n) is 16.5. The summed E-state index contributed by atoms with van der Waals surface area (Å²) in [5, 5.41) is 2.93. The van der Waals surface area contributed by atoms with E-state index in [1.807, 2.05) is 63.3 Å². The van der Waals surface area contributed by atoms with Gasteiger partial charge < -0.3 is 10.0 Å². The molecule has 0 radical (unpaired) electrons. The smallest absolute Gasteiger partial charge is 0.251 e. The van der Waals surface area contributed by atoms with Crippen molar-refractivity contribution in [2.75, 3.05) is 6.54 Å². The van der Waals surface area contributed by atoms with Crippen molar-refractivity contribution in [1.82, 2.24) is 10.0 Å². The average Bonchev–Trinajstić information content (AvgIpc) is 2.75. The van der Waals surface area contributed by atoms with Gasteiger partial charge in [0.15, 0.2) is 0 Å². The fourth-order valence-electron chi connectivity index (χ4n) is 2.21. The summed E-state index contributed by atoms with van der Waals surface area (Å²) < 4.78 is 3.32. The Morgan fingerprint density at radius 1 is 1.22 bits per heavy atom. The fraction of sp³-hybridized carbons (Fsp3) is 0.261. The predicted molar refractivity (Wildman–Crippen MR) is 119 cm³/mol. The van der Waals surface area contributed by atoms with E-state index in [0.29, 0.717) is 12.1 Å². The van der Waals surface area contributed by atoms with E-state index in [2.05, 4.69) is 34.8 Å². The second-order valence-corrected chi connectivity index (χ2v) is 6.39. The monoisotopic (exact) mass is 382 g/mol. The predicted octanol–water partition coefficient (Wildman–Crippen LogP) is 5.96. The lowest BCUT2D eigenvalue weighted by atomic mass is 10.2. The van der Waals surface area contributed by atoms with Gasteiger partial charge in [-0.15, -0.1) is 0 Å². The van der Waals surface area contributed by atoms with Crippen molar-refractivity contribution in [3.8, 4) is 0 Å². The second kappa shape index (κ2) is 13.7. The molecule has 2 rings (SSSR count). The number of amides is 1. The molecule has 144 valence electrons. The number of rotatable bonds is 8. The van der Waals surface area contributed by atoms with Gasteiger partial charge in [0, 0.05) is 22.7 Å². The first-order valence-electron chi connectivity index (χ1n) is 9.35. The summed E-state index contributed by atoms with van der Waals surface area (Å²) in [6.07, 6.45) is 16.1. The Morgan fingerprint density at radius 2 is 1.96 bits per heavy atom. The van der Waals surface area contributed by atoms with Crippen LogP contribution in [0.2, 0.25) is 0 Å². The minimum Gasteiger partial charge on any atom is -0.348 e. The van der Waals surface area contributed by atoms with Gasteiger partial charge in [-0.3, -0.25) is 4.79 Å². The third-order valence-corrected chi connectivity index (χ3v) is 4.51. The molecule has 0 spiro atoms. The molecule has 1 aromatic carbocycles. The summed E-state index contributed by atoms with van der Waals surface area (Å²) in [4.78, 5) is 13.3. The summed E-state index contributed by atoms with van der Waals surface area (Å²) in [7, 11) is 0. The van der Waals surface area contributed by atoms with Crippen LogP contribution >= 0.6 is 11.9 Å². The van der Waals surface area contributed by atoms with E-state index in [9.17, 15) is 4.79 Å². The van der Waals surface area contributed by atoms with E-state index in [1.165, 1.54) is 0 Å². The molecule has 3 nitrogen and oxygen atoms in total. The van der Waals surface area contributed by atoms with Gasteiger partial charge in [0.05, 0.1) is 0 Å². The van der Waals surface area contributed by atoms with Gasteiger partial charge in [-0.25, -0.2) is 0 Å². The van der Waals surface area contributed by atoms with Crippen molar-refractivity contribution < 1.29 is 4.79 Å². The summed E-state index contributed by atoms with van der Waals surface area (Å²) in [6.45, 7) is 10.1. The van der Waals surface area contributed by atoms with Crippen LogP contribution in [0, 0.1) is 0 Å². The second-order valence-electron chi connectivity index (χ2n) is 5.51.